The quantitative estimate of drug-likeness (QED) is 0.170. The van der Waals surface area contributed by atoms with Gasteiger partial charge in [0.1, 0.15) is 11.2 Å². The molecule has 10 aromatic rings. The number of rotatable bonds is 3. The molecule has 10 rings (SSSR count). The van der Waals surface area contributed by atoms with Crippen molar-refractivity contribution in [2.24, 2.45) is 0 Å². The molecule has 1 heterocycles. The molecule has 0 bridgehead atoms. The Balaban J connectivity index is 1.52. The van der Waals surface area contributed by atoms with Crippen LogP contribution in [-0.4, -0.2) is 0 Å². The molecule has 0 saturated carbocycles. The lowest BCUT2D eigenvalue weighted by atomic mass is 9.83. The molecule has 0 N–H and O–H groups in total. The maximum Gasteiger partial charge on any atom is 0.136 e. The van der Waals surface area contributed by atoms with Crippen LogP contribution in [0.4, 0.5) is 0 Å². The summed E-state index contributed by atoms with van der Waals surface area (Å²) < 4.78 is 227. The van der Waals surface area contributed by atoms with Crippen molar-refractivity contribution in [2.45, 2.75) is 27.7 Å². The van der Waals surface area contributed by atoms with Gasteiger partial charge in [0.05, 0.1) is 32.9 Å². The normalized spacial score (nSPS) is 18.5. The van der Waals surface area contributed by atoms with Crippen molar-refractivity contribution in [3.05, 3.63) is 167 Å². The van der Waals surface area contributed by atoms with Crippen molar-refractivity contribution in [2.75, 3.05) is 0 Å². The highest BCUT2D eigenvalue weighted by Gasteiger charge is 2.21. The van der Waals surface area contributed by atoms with Gasteiger partial charge >= 0.3 is 0 Å². The Morgan fingerprint density at radius 3 is 1.76 bits per heavy atom. The number of benzene rings is 9. The summed E-state index contributed by atoms with van der Waals surface area (Å²) in [5.74, 6) is 0. The average molecular weight is 677 g/mol. The van der Waals surface area contributed by atoms with Crippen LogP contribution in [0.1, 0.15) is 55.2 Å². The predicted octanol–water partition coefficient (Wildman–Crippen LogP) is 14.4. The van der Waals surface area contributed by atoms with Gasteiger partial charge in [-0.25, -0.2) is 0 Å². The minimum atomic E-state index is -0.981. The van der Waals surface area contributed by atoms with Gasteiger partial charge in [0.2, 0.25) is 0 Å². The maximum atomic E-state index is 9.93. The third-order valence-corrected chi connectivity index (χ3v) is 9.20. The fourth-order valence-electron chi connectivity index (χ4n) is 6.48. The van der Waals surface area contributed by atoms with Gasteiger partial charge in [-0.15, -0.1) is 0 Å². The van der Waals surface area contributed by atoms with Gasteiger partial charge in [-0.2, -0.15) is 0 Å². The number of hydrogen-bond donors (Lipinski definition) is 0. The van der Waals surface area contributed by atoms with E-state index in [0.717, 1.165) is 0 Å². The number of fused-ring (bicyclic) bond motifs is 7. The van der Waals surface area contributed by atoms with Crippen molar-refractivity contribution in [3.63, 3.8) is 0 Å². The average Bonchev–Trinajstić information content (AvgIpc) is 3.78. The molecule has 0 aliphatic heterocycles. The van der Waals surface area contributed by atoms with Crippen LogP contribution in [0.15, 0.2) is 149 Å². The van der Waals surface area contributed by atoms with Crippen LogP contribution in [0.25, 0.3) is 98.4 Å². The third-order valence-electron chi connectivity index (χ3n) is 9.20. The van der Waals surface area contributed by atoms with Gasteiger partial charge in [0.25, 0.3) is 0 Å². The fourth-order valence-corrected chi connectivity index (χ4v) is 6.48. The monoisotopic (exact) mass is 676 g/mol. The first-order valence-electron chi connectivity index (χ1n) is 27.9. The maximum absolute atomic E-state index is 9.93. The van der Waals surface area contributed by atoms with Gasteiger partial charge in [-0.05, 0) is 157 Å². The van der Waals surface area contributed by atoms with Crippen LogP contribution in [0.5, 0.6) is 0 Å². The topological polar surface area (TPSA) is 13.1 Å². The van der Waals surface area contributed by atoms with E-state index in [2.05, 4.69) is 0 Å². The molecule has 0 aliphatic rings. The van der Waals surface area contributed by atoms with Crippen LogP contribution >= 0.6 is 0 Å². The predicted molar refractivity (Wildman–Crippen MR) is 219 cm³/mol. The molecule has 242 valence electrons. The lowest BCUT2D eigenvalue weighted by molar-refractivity contribution is 0.669. The van der Waals surface area contributed by atoms with Crippen LogP contribution in [0, 0.1) is 27.7 Å². The highest BCUT2D eigenvalue weighted by molar-refractivity contribution is 6.26. The zero-order valence-electron chi connectivity index (χ0n) is 51.4. The van der Waals surface area contributed by atoms with Crippen molar-refractivity contribution < 1.29 is 37.3 Å². The zero-order valence-corrected chi connectivity index (χ0v) is 27.4. The van der Waals surface area contributed by atoms with Crippen molar-refractivity contribution in [3.8, 4) is 33.4 Å². The van der Waals surface area contributed by atoms with E-state index in [1.54, 1.807) is 13.8 Å². The lowest BCUT2D eigenvalue weighted by Gasteiger charge is -2.20. The van der Waals surface area contributed by atoms with Gasteiger partial charge in [0.15, 0.2) is 0 Å². The van der Waals surface area contributed by atoms with E-state index >= 15 is 0 Å². The molecule has 0 atom stereocenters. The van der Waals surface area contributed by atoms with E-state index in [4.69, 9.17) is 20.9 Å². The Labute approximate surface area is 331 Å². The SMILES string of the molecule is [2H]c1c([2H])c(-c2c([2H])c([2H])c3c([2H])c([2H])c([2H])c([2H])c3c2[2H])c([2H])c(-c2c3c([2H])c([2H])c([2H])c([2H])c3c(-c3c([2H])c([2H])c([2H])c4oc5c([2H])c6c([2H])c(C)c(C)c([2H])c6c([2H])c5c34)c3c([2H])c(C)c(C)c([2H])c23)c1[2H]. The van der Waals surface area contributed by atoms with Crippen molar-refractivity contribution in [1.82, 2.24) is 0 Å². The first-order valence-corrected chi connectivity index (χ1v) is 15.9. The van der Waals surface area contributed by atoms with Crippen LogP contribution in [0.3, 0.4) is 0 Å². The minimum absolute atomic E-state index is 0.0945. The molecule has 0 spiro atoms. The van der Waals surface area contributed by atoms with Crippen LogP contribution in [0.2, 0.25) is 0 Å². The Bertz CT molecular complexity index is 4360. The minimum Gasteiger partial charge on any atom is -0.456 e. The van der Waals surface area contributed by atoms with Gasteiger partial charge in [0, 0.05) is 10.8 Å². The first-order chi connectivity index (χ1) is 35.0. The molecule has 9 aromatic carbocycles. The molecule has 0 fully saturated rings. The van der Waals surface area contributed by atoms with E-state index < -0.39 is 210 Å². The zero-order chi connectivity index (χ0) is 55.3. The molecule has 1 heteroatoms. The Hall–Kier alpha value is -6.18. The molecule has 0 amide bonds. The smallest absolute Gasteiger partial charge is 0.136 e. The van der Waals surface area contributed by atoms with Crippen molar-refractivity contribution in [1.29, 1.82) is 0 Å². The second kappa shape index (κ2) is 11.2. The molecular formula is C50H36O. The van der Waals surface area contributed by atoms with Crippen LogP contribution < -0.4 is 0 Å². The van der Waals surface area contributed by atoms with Gasteiger partial charge in [-0.1, -0.05) is 115 Å². The summed E-state index contributed by atoms with van der Waals surface area (Å²) in [5, 5.41) is -3.96. The molecule has 0 saturated heterocycles. The summed E-state index contributed by atoms with van der Waals surface area (Å²) in [6.45, 7) is 6.06. The largest absolute Gasteiger partial charge is 0.456 e. The summed E-state index contributed by atoms with van der Waals surface area (Å²) in [5.41, 5.74) is -3.70. The van der Waals surface area contributed by atoms with Crippen LogP contribution in [-0.2, 0) is 0 Å². The molecule has 51 heavy (non-hydrogen) atoms. The standard InChI is InChI=1S/C50H36O/c1-29-21-38-27-45-47(28-39(38)22-30(29)2)51-46-18-10-17-42(50(45)46)49-41-16-8-7-15-40(41)48(43-23-31(3)32(4)24-44(43)49)37-14-9-13-35(26-37)36-20-19-33-11-5-6-12-34(33)25-36/h5-28H,1-4H3/i5D,6D,7D,8D,9D,10D,11D,12D,13D,14D,15D,16D,17D,18D,19D,20D,21D,22D,23D,24D,25D,26D,27D,28D. The van der Waals surface area contributed by atoms with Gasteiger partial charge < -0.3 is 4.42 Å². The second-order valence-corrected chi connectivity index (χ2v) is 12.3. The highest BCUT2D eigenvalue weighted by Crippen LogP contribution is 2.48. The van der Waals surface area contributed by atoms with E-state index in [1.165, 1.54) is 13.8 Å². The van der Waals surface area contributed by atoms with E-state index in [1.807, 2.05) is 0 Å². The Kier molecular flexibility index (Phi) is 3.11. The molecule has 0 radical (unpaired) electrons. The van der Waals surface area contributed by atoms with E-state index in [-0.39, 0.29) is 44.8 Å². The summed E-state index contributed by atoms with van der Waals surface area (Å²) in [6, 6.07) is -17.7. The highest BCUT2D eigenvalue weighted by atomic mass is 16.3. The molecule has 0 unspecified atom stereocenters. The molecule has 0 aliphatic carbocycles. The van der Waals surface area contributed by atoms with Gasteiger partial charge in [-0.3, -0.25) is 0 Å². The summed E-state index contributed by atoms with van der Waals surface area (Å²) in [7, 11) is 0. The lowest BCUT2D eigenvalue weighted by Crippen LogP contribution is -1.94. The third kappa shape index (κ3) is 4.62. The summed E-state index contributed by atoms with van der Waals surface area (Å²) in [4.78, 5) is 0. The van der Waals surface area contributed by atoms with E-state index in [0.29, 0.717) is 11.1 Å². The first kappa shape index (κ1) is 14.2. The second-order valence-electron chi connectivity index (χ2n) is 12.3. The summed E-state index contributed by atoms with van der Waals surface area (Å²) in [6.07, 6.45) is 0. The molecular weight excluding hydrogens is 617 g/mol. The number of furan rings is 1. The van der Waals surface area contributed by atoms with Crippen molar-refractivity contribution >= 4 is 65.0 Å². The molecule has 1 aromatic heterocycles. The summed E-state index contributed by atoms with van der Waals surface area (Å²) >= 11 is 0. The Morgan fingerprint density at radius 2 is 0.980 bits per heavy atom. The fraction of sp³-hybridized carbons (Fsp3) is 0.0800. The Morgan fingerprint density at radius 1 is 0.373 bits per heavy atom. The molecule has 1 nitrogen and oxygen atoms in total. The van der Waals surface area contributed by atoms with E-state index in [9.17, 15) is 16.4 Å². The number of hydrogen-bond acceptors (Lipinski definition) is 1.